The van der Waals surface area contributed by atoms with E-state index < -0.39 is 0 Å². The number of rotatable bonds is 6. The highest BCUT2D eigenvalue weighted by atomic mass is 16.5. The molecule has 0 unspecified atom stereocenters. The van der Waals surface area contributed by atoms with E-state index in [0.29, 0.717) is 50.5 Å². The summed E-state index contributed by atoms with van der Waals surface area (Å²) in [6, 6.07) is 0. The second kappa shape index (κ2) is 7.90. The fourth-order valence-corrected chi connectivity index (χ4v) is 4.30. The van der Waals surface area contributed by atoms with Crippen LogP contribution < -0.4 is 5.32 Å². The van der Waals surface area contributed by atoms with Crippen LogP contribution >= 0.6 is 0 Å². The predicted octanol–water partition coefficient (Wildman–Crippen LogP) is 2.37. The zero-order valence-corrected chi connectivity index (χ0v) is 15.6. The van der Waals surface area contributed by atoms with E-state index in [0.717, 1.165) is 6.54 Å². The molecule has 140 valence electrons. The fourth-order valence-electron chi connectivity index (χ4n) is 4.30. The number of hydrogen-bond donors (Lipinski definition) is 1. The maximum absolute atomic E-state index is 12.9. The number of carbonyl (C=O) groups is 2. The van der Waals surface area contributed by atoms with E-state index >= 15 is 0 Å². The Morgan fingerprint density at radius 2 is 1.80 bits per heavy atom. The number of amides is 2. The first kappa shape index (κ1) is 18.4. The molecule has 3 aliphatic rings. The van der Waals surface area contributed by atoms with E-state index in [2.05, 4.69) is 19.2 Å². The third-order valence-electron chi connectivity index (χ3n) is 5.85. The van der Waals surface area contributed by atoms with Gasteiger partial charge in [0.05, 0.1) is 25.0 Å². The lowest BCUT2D eigenvalue weighted by Crippen LogP contribution is -2.48. The van der Waals surface area contributed by atoms with E-state index in [9.17, 15) is 9.59 Å². The monoisotopic (exact) mass is 348 g/mol. The highest BCUT2D eigenvalue weighted by molar-refractivity contribution is 5.88. The van der Waals surface area contributed by atoms with E-state index in [4.69, 9.17) is 4.74 Å². The third-order valence-corrected chi connectivity index (χ3v) is 5.85. The van der Waals surface area contributed by atoms with E-state index in [1.165, 1.54) is 19.3 Å². The summed E-state index contributed by atoms with van der Waals surface area (Å²) in [5, 5.41) is 3.18. The maximum Gasteiger partial charge on any atom is 0.226 e. The molecule has 3 rings (SSSR count). The van der Waals surface area contributed by atoms with Crippen LogP contribution in [0.15, 0.2) is 12.2 Å². The summed E-state index contributed by atoms with van der Waals surface area (Å²) in [4.78, 5) is 27.6. The van der Waals surface area contributed by atoms with Crippen molar-refractivity contribution < 1.29 is 14.3 Å². The average Bonchev–Trinajstić information content (AvgIpc) is 3.39. The minimum Gasteiger partial charge on any atom is -0.378 e. The van der Waals surface area contributed by atoms with Gasteiger partial charge in [0.15, 0.2) is 0 Å². The first-order valence-corrected chi connectivity index (χ1v) is 9.80. The maximum atomic E-state index is 12.9. The average molecular weight is 348 g/mol. The molecule has 1 saturated heterocycles. The first-order valence-electron chi connectivity index (χ1n) is 9.80. The molecule has 0 aromatic rings. The summed E-state index contributed by atoms with van der Waals surface area (Å²) in [6.07, 6.45) is 9.05. The molecule has 1 N–H and O–H groups in total. The largest absolute Gasteiger partial charge is 0.378 e. The molecule has 0 bridgehead atoms. The van der Waals surface area contributed by atoms with Crippen molar-refractivity contribution in [3.63, 3.8) is 0 Å². The van der Waals surface area contributed by atoms with Crippen molar-refractivity contribution in [3.05, 3.63) is 12.2 Å². The molecule has 0 aromatic heterocycles. The highest BCUT2D eigenvalue weighted by Gasteiger charge is 2.44. The quantitative estimate of drug-likeness (QED) is 0.750. The molecule has 5 nitrogen and oxygen atoms in total. The highest BCUT2D eigenvalue weighted by Crippen LogP contribution is 2.50. The molecule has 25 heavy (non-hydrogen) atoms. The van der Waals surface area contributed by atoms with Crippen molar-refractivity contribution in [1.82, 2.24) is 10.2 Å². The summed E-state index contributed by atoms with van der Waals surface area (Å²) in [5.74, 6) is 0.397. The number of morpholine rings is 1. The molecule has 1 heterocycles. The first-order chi connectivity index (χ1) is 12.0. The molecule has 1 aliphatic heterocycles. The number of allylic oxidation sites excluding steroid dienone is 2. The van der Waals surface area contributed by atoms with Gasteiger partial charge in [0.1, 0.15) is 0 Å². The van der Waals surface area contributed by atoms with Crippen LogP contribution in [-0.4, -0.2) is 49.6 Å². The lowest BCUT2D eigenvalue weighted by Gasteiger charge is -2.34. The molecule has 5 heteroatoms. The van der Waals surface area contributed by atoms with Gasteiger partial charge in [-0.3, -0.25) is 9.59 Å². The fraction of sp³-hybridized carbons (Fsp3) is 0.800. The molecule has 0 radical (unpaired) electrons. The van der Waals surface area contributed by atoms with Gasteiger partial charge in [-0.15, -0.1) is 0 Å². The van der Waals surface area contributed by atoms with Gasteiger partial charge in [-0.05, 0) is 43.4 Å². The van der Waals surface area contributed by atoms with Gasteiger partial charge < -0.3 is 15.0 Å². The van der Waals surface area contributed by atoms with Crippen LogP contribution in [0.2, 0.25) is 0 Å². The number of carbonyl (C=O) groups excluding carboxylic acids is 2. The Labute approximate surface area is 151 Å². The number of ether oxygens (including phenoxy) is 1. The summed E-state index contributed by atoms with van der Waals surface area (Å²) < 4.78 is 5.34. The van der Waals surface area contributed by atoms with Crippen molar-refractivity contribution in [3.8, 4) is 0 Å². The zero-order valence-electron chi connectivity index (χ0n) is 15.6. The molecule has 2 aliphatic carbocycles. The van der Waals surface area contributed by atoms with Gasteiger partial charge in [-0.2, -0.15) is 0 Å². The summed E-state index contributed by atoms with van der Waals surface area (Å²) in [7, 11) is 0. The standard InChI is InChI=1S/C20H32N2O3/c1-15(2)13-20(7-8-20)14-21-18(23)16-5-3-4-6-17(16)19(24)22-9-11-25-12-10-22/h3-4,15-17H,5-14H2,1-2H3,(H,21,23)/t16-,17+/m1/s1. The topological polar surface area (TPSA) is 58.6 Å². The van der Waals surface area contributed by atoms with E-state index in [-0.39, 0.29) is 23.7 Å². The Kier molecular flexibility index (Phi) is 5.82. The minimum atomic E-state index is -0.227. The molecular formula is C20H32N2O3. The van der Waals surface area contributed by atoms with Gasteiger partial charge in [-0.1, -0.05) is 26.0 Å². The van der Waals surface area contributed by atoms with Crippen molar-refractivity contribution in [2.24, 2.45) is 23.2 Å². The lowest BCUT2D eigenvalue weighted by atomic mass is 9.81. The Morgan fingerprint density at radius 1 is 1.16 bits per heavy atom. The normalized spacial score (nSPS) is 28.0. The van der Waals surface area contributed by atoms with Crippen LogP contribution in [0, 0.1) is 23.2 Å². The van der Waals surface area contributed by atoms with Crippen molar-refractivity contribution in [1.29, 1.82) is 0 Å². The SMILES string of the molecule is CC(C)CC1(CNC(=O)[C@@H]2CC=CC[C@@H]2C(=O)N2CCOCC2)CC1. The van der Waals surface area contributed by atoms with Gasteiger partial charge in [0, 0.05) is 19.6 Å². The van der Waals surface area contributed by atoms with Crippen molar-refractivity contribution in [2.75, 3.05) is 32.8 Å². The smallest absolute Gasteiger partial charge is 0.226 e. The third kappa shape index (κ3) is 4.63. The van der Waals surface area contributed by atoms with Gasteiger partial charge in [0.25, 0.3) is 0 Å². The Balaban J connectivity index is 1.57. The van der Waals surface area contributed by atoms with Crippen molar-refractivity contribution >= 4 is 11.8 Å². The minimum absolute atomic E-state index is 0.0611. The molecule has 2 amide bonds. The predicted molar refractivity (Wildman–Crippen MR) is 96.9 cm³/mol. The molecular weight excluding hydrogens is 316 g/mol. The van der Waals surface area contributed by atoms with E-state index in [1.807, 2.05) is 17.1 Å². The van der Waals surface area contributed by atoms with Gasteiger partial charge >= 0.3 is 0 Å². The van der Waals surface area contributed by atoms with Crippen LogP contribution in [0.25, 0.3) is 0 Å². The van der Waals surface area contributed by atoms with Crippen LogP contribution in [0.4, 0.5) is 0 Å². The Bertz CT molecular complexity index is 519. The van der Waals surface area contributed by atoms with Gasteiger partial charge in [-0.25, -0.2) is 0 Å². The second-order valence-corrected chi connectivity index (χ2v) is 8.41. The summed E-state index contributed by atoms with van der Waals surface area (Å²) >= 11 is 0. The number of nitrogens with one attached hydrogen (secondary N) is 1. The number of hydrogen-bond acceptors (Lipinski definition) is 3. The van der Waals surface area contributed by atoms with Crippen LogP contribution in [0.1, 0.15) is 46.0 Å². The van der Waals surface area contributed by atoms with E-state index in [1.54, 1.807) is 0 Å². The number of nitrogens with zero attached hydrogens (tertiary/aromatic N) is 1. The molecule has 0 aromatic carbocycles. The zero-order chi connectivity index (χ0) is 17.9. The van der Waals surface area contributed by atoms with Crippen LogP contribution in [-0.2, 0) is 14.3 Å². The summed E-state index contributed by atoms with van der Waals surface area (Å²) in [6.45, 7) is 7.74. The lowest BCUT2D eigenvalue weighted by molar-refractivity contribution is -0.145. The molecule has 1 saturated carbocycles. The molecule has 0 spiro atoms. The molecule has 2 fully saturated rings. The summed E-state index contributed by atoms with van der Waals surface area (Å²) in [5.41, 5.74) is 0.318. The van der Waals surface area contributed by atoms with Crippen molar-refractivity contribution in [2.45, 2.75) is 46.0 Å². The van der Waals surface area contributed by atoms with Gasteiger partial charge in [0.2, 0.25) is 11.8 Å². The second-order valence-electron chi connectivity index (χ2n) is 8.41. The molecule has 2 atom stereocenters. The van der Waals surface area contributed by atoms with Crippen LogP contribution in [0.5, 0.6) is 0 Å². The Hall–Kier alpha value is -1.36. The Morgan fingerprint density at radius 3 is 2.40 bits per heavy atom. The van der Waals surface area contributed by atoms with Crippen LogP contribution in [0.3, 0.4) is 0 Å².